The molecule has 1 aromatic carbocycles. The van der Waals surface area contributed by atoms with Crippen molar-refractivity contribution in [2.75, 3.05) is 6.54 Å². The molecule has 0 amide bonds. The Kier molecular flexibility index (Phi) is 4.80. The van der Waals surface area contributed by atoms with Gasteiger partial charge in [-0.05, 0) is 62.4 Å². The van der Waals surface area contributed by atoms with Crippen molar-refractivity contribution in [1.29, 1.82) is 0 Å². The molecule has 2 heteroatoms. The highest BCUT2D eigenvalue weighted by atomic mass is 16.3. The number of furan rings is 1. The number of rotatable bonds is 6. The third-order valence-corrected chi connectivity index (χ3v) is 3.71. The van der Waals surface area contributed by atoms with Gasteiger partial charge in [-0.3, -0.25) is 0 Å². The average Bonchev–Trinajstić information content (AvgIpc) is 2.91. The fraction of sp³-hybridized carbons (Fsp3) is 0.412. The Hall–Kier alpha value is -1.54. The number of aryl methyl sites for hydroxylation is 3. The summed E-state index contributed by atoms with van der Waals surface area (Å²) in [6.07, 6.45) is 4.84. The number of hydrogen-bond acceptors (Lipinski definition) is 2. The highest BCUT2D eigenvalue weighted by Gasteiger charge is 2.14. The highest BCUT2D eigenvalue weighted by molar-refractivity contribution is 5.33. The molecule has 2 rings (SSSR count). The third-order valence-electron chi connectivity index (χ3n) is 3.71. The summed E-state index contributed by atoms with van der Waals surface area (Å²) in [5.41, 5.74) is 9.91. The molecule has 1 atom stereocenters. The number of benzene rings is 1. The van der Waals surface area contributed by atoms with Crippen molar-refractivity contribution in [3.63, 3.8) is 0 Å². The van der Waals surface area contributed by atoms with Crippen LogP contribution in [0.25, 0.3) is 0 Å². The summed E-state index contributed by atoms with van der Waals surface area (Å²) in [4.78, 5) is 0. The van der Waals surface area contributed by atoms with E-state index < -0.39 is 0 Å². The minimum Gasteiger partial charge on any atom is -0.469 e. The first kappa shape index (κ1) is 13.9. The molecule has 0 spiro atoms. The van der Waals surface area contributed by atoms with Gasteiger partial charge in [0, 0.05) is 6.42 Å². The topological polar surface area (TPSA) is 39.2 Å². The Morgan fingerprint density at radius 1 is 1.16 bits per heavy atom. The standard InChI is InChI=1S/C17H23NO/c1-13-5-6-14(2)17(12-13)15(9-10-18)7-8-16-4-3-11-19-16/h3-6,11-12,15H,7-10,18H2,1-2H3. The summed E-state index contributed by atoms with van der Waals surface area (Å²) >= 11 is 0. The van der Waals surface area contributed by atoms with E-state index in [1.54, 1.807) is 6.26 Å². The fourth-order valence-electron chi connectivity index (χ4n) is 2.63. The van der Waals surface area contributed by atoms with Crippen LogP contribution in [0, 0.1) is 13.8 Å². The van der Waals surface area contributed by atoms with Crippen molar-refractivity contribution in [2.24, 2.45) is 5.73 Å². The summed E-state index contributed by atoms with van der Waals surface area (Å²) < 4.78 is 5.42. The molecule has 0 aliphatic carbocycles. The molecule has 1 unspecified atom stereocenters. The maximum Gasteiger partial charge on any atom is 0.103 e. The van der Waals surface area contributed by atoms with Gasteiger partial charge in [-0.2, -0.15) is 0 Å². The first-order valence-electron chi connectivity index (χ1n) is 7.00. The van der Waals surface area contributed by atoms with Crippen molar-refractivity contribution in [2.45, 2.75) is 39.0 Å². The molecule has 19 heavy (non-hydrogen) atoms. The second kappa shape index (κ2) is 6.58. The van der Waals surface area contributed by atoms with Crippen LogP contribution in [-0.2, 0) is 6.42 Å². The summed E-state index contributed by atoms with van der Waals surface area (Å²) in [6.45, 7) is 5.07. The molecule has 2 nitrogen and oxygen atoms in total. The van der Waals surface area contributed by atoms with Crippen molar-refractivity contribution >= 4 is 0 Å². The van der Waals surface area contributed by atoms with Gasteiger partial charge in [-0.15, -0.1) is 0 Å². The van der Waals surface area contributed by atoms with E-state index in [9.17, 15) is 0 Å². The molecule has 0 aliphatic rings. The molecule has 1 heterocycles. The lowest BCUT2D eigenvalue weighted by atomic mass is 9.87. The van der Waals surface area contributed by atoms with E-state index in [0.29, 0.717) is 5.92 Å². The van der Waals surface area contributed by atoms with Crippen molar-refractivity contribution in [1.82, 2.24) is 0 Å². The molecule has 0 aliphatic heterocycles. The zero-order chi connectivity index (χ0) is 13.7. The van der Waals surface area contributed by atoms with Crippen LogP contribution in [0.1, 0.15) is 41.2 Å². The molecule has 0 fully saturated rings. The number of hydrogen-bond donors (Lipinski definition) is 1. The van der Waals surface area contributed by atoms with Crippen LogP contribution < -0.4 is 5.73 Å². The van der Waals surface area contributed by atoms with Crippen LogP contribution in [-0.4, -0.2) is 6.54 Å². The van der Waals surface area contributed by atoms with Crippen molar-refractivity contribution in [3.05, 3.63) is 59.0 Å². The first-order valence-corrected chi connectivity index (χ1v) is 7.00. The van der Waals surface area contributed by atoms with E-state index in [2.05, 4.69) is 32.0 Å². The van der Waals surface area contributed by atoms with Gasteiger partial charge in [0.25, 0.3) is 0 Å². The zero-order valence-corrected chi connectivity index (χ0v) is 11.9. The lowest BCUT2D eigenvalue weighted by Crippen LogP contribution is -2.10. The number of nitrogens with two attached hydrogens (primary N) is 1. The largest absolute Gasteiger partial charge is 0.469 e. The van der Waals surface area contributed by atoms with Gasteiger partial charge in [0.2, 0.25) is 0 Å². The SMILES string of the molecule is Cc1ccc(C)c(C(CCN)CCc2ccco2)c1. The quantitative estimate of drug-likeness (QED) is 0.850. The van der Waals surface area contributed by atoms with Crippen LogP contribution in [0.5, 0.6) is 0 Å². The highest BCUT2D eigenvalue weighted by Crippen LogP contribution is 2.28. The van der Waals surface area contributed by atoms with Crippen molar-refractivity contribution < 1.29 is 4.42 Å². The fourth-order valence-corrected chi connectivity index (χ4v) is 2.63. The van der Waals surface area contributed by atoms with E-state index in [1.807, 2.05) is 12.1 Å². The molecule has 1 aromatic heterocycles. The summed E-state index contributed by atoms with van der Waals surface area (Å²) in [5.74, 6) is 1.59. The predicted molar refractivity (Wildman–Crippen MR) is 79.4 cm³/mol. The van der Waals surface area contributed by atoms with Gasteiger partial charge < -0.3 is 10.2 Å². The van der Waals surface area contributed by atoms with Gasteiger partial charge in [0.15, 0.2) is 0 Å². The average molecular weight is 257 g/mol. The Morgan fingerprint density at radius 2 is 2.00 bits per heavy atom. The van der Waals surface area contributed by atoms with Crippen LogP contribution in [0.3, 0.4) is 0 Å². The van der Waals surface area contributed by atoms with Crippen LogP contribution in [0.15, 0.2) is 41.0 Å². The maximum absolute atomic E-state index is 5.78. The molecular formula is C17H23NO. The molecule has 0 saturated carbocycles. The second-order valence-corrected chi connectivity index (χ2v) is 5.25. The predicted octanol–water partition coefficient (Wildman–Crippen LogP) is 3.96. The van der Waals surface area contributed by atoms with E-state index in [4.69, 9.17) is 10.2 Å². The smallest absolute Gasteiger partial charge is 0.103 e. The maximum atomic E-state index is 5.78. The van der Waals surface area contributed by atoms with Crippen LogP contribution in [0.2, 0.25) is 0 Å². The van der Waals surface area contributed by atoms with Gasteiger partial charge >= 0.3 is 0 Å². The molecular weight excluding hydrogens is 234 g/mol. The summed E-state index contributed by atoms with van der Waals surface area (Å²) in [5, 5.41) is 0. The Bertz CT molecular complexity index is 502. The van der Waals surface area contributed by atoms with Crippen LogP contribution in [0.4, 0.5) is 0 Å². The molecule has 102 valence electrons. The molecule has 0 radical (unpaired) electrons. The Balaban J connectivity index is 2.12. The van der Waals surface area contributed by atoms with E-state index in [0.717, 1.165) is 31.6 Å². The second-order valence-electron chi connectivity index (χ2n) is 5.25. The molecule has 2 N–H and O–H groups in total. The Labute approximate surface area is 115 Å². The molecule has 0 bridgehead atoms. The van der Waals surface area contributed by atoms with Gasteiger partial charge in [0.1, 0.15) is 5.76 Å². The first-order chi connectivity index (χ1) is 9.20. The lowest BCUT2D eigenvalue weighted by molar-refractivity contribution is 0.479. The Morgan fingerprint density at radius 3 is 2.68 bits per heavy atom. The summed E-state index contributed by atoms with van der Waals surface area (Å²) in [7, 11) is 0. The lowest BCUT2D eigenvalue weighted by Gasteiger charge is -2.19. The monoisotopic (exact) mass is 257 g/mol. The zero-order valence-electron chi connectivity index (χ0n) is 11.9. The van der Waals surface area contributed by atoms with E-state index in [-0.39, 0.29) is 0 Å². The molecule has 2 aromatic rings. The normalized spacial score (nSPS) is 12.6. The minimum atomic E-state index is 0.523. The van der Waals surface area contributed by atoms with E-state index >= 15 is 0 Å². The van der Waals surface area contributed by atoms with Gasteiger partial charge in [-0.1, -0.05) is 23.8 Å². The van der Waals surface area contributed by atoms with Gasteiger partial charge in [0.05, 0.1) is 6.26 Å². The van der Waals surface area contributed by atoms with Gasteiger partial charge in [-0.25, -0.2) is 0 Å². The van der Waals surface area contributed by atoms with Crippen LogP contribution >= 0.6 is 0 Å². The third kappa shape index (κ3) is 3.71. The van der Waals surface area contributed by atoms with Crippen molar-refractivity contribution in [3.8, 4) is 0 Å². The van der Waals surface area contributed by atoms with E-state index in [1.165, 1.54) is 16.7 Å². The summed E-state index contributed by atoms with van der Waals surface area (Å²) in [6, 6.07) is 10.7. The minimum absolute atomic E-state index is 0.523. The molecule has 0 saturated heterocycles.